The molecule has 0 aliphatic carbocycles. The minimum Gasteiger partial charge on any atom is -0.447 e. The molecule has 0 atom stereocenters. The Hall–Kier alpha value is -3.43. The Morgan fingerprint density at radius 3 is 2.52 bits per heavy atom. The van der Waals surface area contributed by atoms with Crippen LogP contribution in [0.5, 0.6) is 5.75 Å². The summed E-state index contributed by atoms with van der Waals surface area (Å²) in [5.74, 6) is 0.764. The molecule has 2 aromatic heterocycles. The summed E-state index contributed by atoms with van der Waals surface area (Å²) in [5.41, 5.74) is 1.61. The van der Waals surface area contributed by atoms with Crippen molar-refractivity contribution in [1.82, 2.24) is 19.5 Å². The summed E-state index contributed by atoms with van der Waals surface area (Å²) in [6.45, 7) is 2.95. The fourth-order valence-corrected chi connectivity index (χ4v) is 3.49. The van der Waals surface area contributed by atoms with Crippen molar-refractivity contribution >= 4 is 17.6 Å². The number of fused-ring (bicyclic) bond motifs is 1. The van der Waals surface area contributed by atoms with Crippen molar-refractivity contribution in [3.63, 3.8) is 0 Å². The number of hydrogen-bond donors (Lipinski definition) is 0. The summed E-state index contributed by atoms with van der Waals surface area (Å²) >= 11 is 0. The largest absolute Gasteiger partial charge is 0.447 e. The van der Waals surface area contributed by atoms with E-state index in [4.69, 9.17) is 4.74 Å². The molecule has 0 saturated carbocycles. The predicted molar refractivity (Wildman–Crippen MR) is 110 cm³/mol. The van der Waals surface area contributed by atoms with E-state index in [1.54, 1.807) is 33.8 Å². The zero-order valence-electron chi connectivity index (χ0n) is 17.2. The summed E-state index contributed by atoms with van der Waals surface area (Å²) in [4.78, 5) is 20.2. The topological polar surface area (TPSA) is 72.2 Å². The van der Waals surface area contributed by atoms with Crippen LogP contribution >= 0.6 is 0 Å². The number of para-hydroxylation sites is 1. The number of amides is 1. The zero-order chi connectivity index (χ0) is 22.0. The minimum atomic E-state index is -2.93. The zero-order valence-corrected chi connectivity index (χ0v) is 17.2. The molecule has 1 aromatic carbocycles. The smallest absolute Gasteiger partial charge is 0.410 e. The lowest BCUT2D eigenvalue weighted by Crippen LogP contribution is -2.49. The highest BCUT2D eigenvalue weighted by Gasteiger charge is 2.24. The first-order chi connectivity index (χ1) is 14.9. The molecule has 3 aromatic rings. The van der Waals surface area contributed by atoms with E-state index in [1.807, 2.05) is 26.0 Å². The second-order valence-corrected chi connectivity index (χ2v) is 7.39. The maximum absolute atomic E-state index is 12.8. The Bertz CT molecular complexity index is 1060. The van der Waals surface area contributed by atoms with Crippen LogP contribution in [0.25, 0.3) is 16.9 Å². The van der Waals surface area contributed by atoms with E-state index < -0.39 is 6.61 Å². The summed E-state index contributed by atoms with van der Waals surface area (Å²) in [5, 5.41) is 4.68. The highest BCUT2D eigenvalue weighted by molar-refractivity contribution is 5.70. The third-order valence-corrected chi connectivity index (χ3v) is 4.93. The number of ether oxygens (including phenoxy) is 2. The average molecular weight is 431 g/mol. The Kier molecular flexibility index (Phi) is 5.88. The van der Waals surface area contributed by atoms with Gasteiger partial charge in [0.25, 0.3) is 0 Å². The Morgan fingerprint density at radius 1 is 1.06 bits per heavy atom. The Morgan fingerprint density at radius 2 is 1.81 bits per heavy atom. The second-order valence-electron chi connectivity index (χ2n) is 7.39. The average Bonchev–Trinajstić information content (AvgIpc) is 3.16. The first-order valence-corrected chi connectivity index (χ1v) is 10.0. The van der Waals surface area contributed by atoms with Crippen LogP contribution in [-0.4, -0.2) is 64.5 Å². The van der Waals surface area contributed by atoms with Gasteiger partial charge in [-0.25, -0.2) is 14.3 Å². The molecular weight excluding hydrogens is 408 g/mol. The van der Waals surface area contributed by atoms with Crippen molar-refractivity contribution in [2.24, 2.45) is 0 Å². The van der Waals surface area contributed by atoms with Crippen molar-refractivity contribution in [3.8, 4) is 17.0 Å². The van der Waals surface area contributed by atoms with Crippen LogP contribution < -0.4 is 9.64 Å². The number of aromatic nitrogens is 3. The van der Waals surface area contributed by atoms with Gasteiger partial charge in [0, 0.05) is 31.7 Å². The van der Waals surface area contributed by atoms with Crippen molar-refractivity contribution < 1.29 is 23.0 Å². The number of piperazine rings is 1. The van der Waals surface area contributed by atoms with Crippen molar-refractivity contribution in [2.75, 3.05) is 31.1 Å². The molecule has 1 fully saturated rings. The van der Waals surface area contributed by atoms with Crippen molar-refractivity contribution in [2.45, 2.75) is 26.6 Å². The lowest BCUT2D eigenvalue weighted by molar-refractivity contribution is -0.0494. The molecule has 1 amide bonds. The van der Waals surface area contributed by atoms with Crippen molar-refractivity contribution in [3.05, 3.63) is 42.6 Å². The lowest BCUT2D eigenvalue weighted by atomic mass is 10.1. The number of nitrogens with zero attached hydrogens (tertiary/aromatic N) is 5. The van der Waals surface area contributed by atoms with Gasteiger partial charge in [0.2, 0.25) is 0 Å². The standard InChI is InChI=1S/C21H23F2N5O3/c1-14(2)30-21(29)27-11-9-26(10-12-27)19-8-7-18-24-13-16(28(18)25-19)15-5-3-4-6-17(15)31-20(22)23/h3-8,13-14,20H,9-12H2,1-2H3. The Balaban J connectivity index is 1.57. The molecule has 164 valence electrons. The number of benzene rings is 1. The molecule has 0 spiro atoms. The van der Waals surface area contributed by atoms with E-state index >= 15 is 0 Å². The molecule has 4 rings (SSSR count). The SMILES string of the molecule is CC(C)OC(=O)N1CCN(c2ccc3ncc(-c4ccccc4OC(F)F)n3n2)CC1. The van der Waals surface area contributed by atoms with Gasteiger partial charge in [-0.2, -0.15) is 8.78 Å². The molecular formula is C21H23F2N5O3. The van der Waals surface area contributed by atoms with E-state index in [2.05, 4.69) is 19.7 Å². The van der Waals surface area contributed by atoms with Crippen LogP contribution in [0.4, 0.5) is 19.4 Å². The van der Waals surface area contributed by atoms with E-state index in [1.165, 1.54) is 6.07 Å². The van der Waals surface area contributed by atoms with E-state index in [9.17, 15) is 13.6 Å². The van der Waals surface area contributed by atoms with Gasteiger partial charge >= 0.3 is 12.7 Å². The highest BCUT2D eigenvalue weighted by Crippen LogP contribution is 2.31. The van der Waals surface area contributed by atoms with E-state index in [0.29, 0.717) is 48.9 Å². The van der Waals surface area contributed by atoms with Crippen LogP contribution in [-0.2, 0) is 4.74 Å². The molecule has 0 radical (unpaired) electrons. The van der Waals surface area contributed by atoms with Crippen LogP contribution in [0.15, 0.2) is 42.6 Å². The van der Waals surface area contributed by atoms with Gasteiger partial charge in [0.1, 0.15) is 11.6 Å². The van der Waals surface area contributed by atoms with Crippen LogP contribution in [0, 0.1) is 0 Å². The van der Waals surface area contributed by atoms with Gasteiger partial charge in [-0.05, 0) is 38.1 Å². The summed E-state index contributed by atoms with van der Waals surface area (Å²) < 4.78 is 37.2. The molecule has 0 unspecified atom stereocenters. The summed E-state index contributed by atoms with van der Waals surface area (Å²) in [6, 6.07) is 10.2. The molecule has 3 heterocycles. The quantitative estimate of drug-likeness (QED) is 0.614. The fourth-order valence-electron chi connectivity index (χ4n) is 3.49. The number of carbonyl (C=O) groups excluding carboxylic acids is 1. The number of anilines is 1. The van der Waals surface area contributed by atoms with Gasteiger partial charge in [-0.15, -0.1) is 5.10 Å². The monoisotopic (exact) mass is 431 g/mol. The normalized spacial score (nSPS) is 14.5. The van der Waals surface area contributed by atoms with Gasteiger partial charge in [0.05, 0.1) is 18.0 Å². The molecule has 1 saturated heterocycles. The fraction of sp³-hybridized carbons (Fsp3) is 0.381. The predicted octanol–water partition coefficient (Wildman–Crippen LogP) is 3.66. The first kappa shape index (κ1) is 20.8. The number of hydrogen-bond acceptors (Lipinski definition) is 6. The number of carbonyl (C=O) groups is 1. The lowest BCUT2D eigenvalue weighted by Gasteiger charge is -2.35. The van der Waals surface area contributed by atoms with Crippen LogP contribution in [0.1, 0.15) is 13.8 Å². The molecule has 31 heavy (non-hydrogen) atoms. The maximum Gasteiger partial charge on any atom is 0.410 e. The number of alkyl halides is 2. The number of halogens is 2. The van der Waals surface area contributed by atoms with Gasteiger partial charge in [0.15, 0.2) is 5.65 Å². The first-order valence-electron chi connectivity index (χ1n) is 10.0. The third-order valence-electron chi connectivity index (χ3n) is 4.93. The second kappa shape index (κ2) is 8.75. The molecule has 0 bridgehead atoms. The molecule has 8 nitrogen and oxygen atoms in total. The molecule has 1 aliphatic heterocycles. The van der Waals surface area contributed by atoms with Crippen LogP contribution in [0.2, 0.25) is 0 Å². The number of imidazole rings is 1. The maximum atomic E-state index is 12.8. The Labute approximate surface area is 178 Å². The number of rotatable bonds is 5. The summed E-state index contributed by atoms with van der Waals surface area (Å²) in [6.07, 6.45) is 1.11. The third kappa shape index (κ3) is 4.52. The highest BCUT2D eigenvalue weighted by atomic mass is 19.3. The molecule has 0 N–H and O–H groups in total. The summed E-state index contributed by atoms with van der Waals surface area (Å²) in [7, 11) is 0. The van der Waals surface area contributed by atoms with E-state index in [0.717, 1.165) is 0 Å². The molecule has 10 heteroatoms. The van der Waals surface area contributed by atoms with Gasteiger partial charge in [-0.1, -0.05) is 12.1 Å². The van der Waals surface area contributed by atoms with Crippen molar-refractivity contribution in [1.29, 1.82) is 0 Å². The van der Waals surface area contributed by atoms with Crippen LogP contribution in [0.3, 0.4) is 0 Å². The van der Waals surface area contributed by atoms with E-state index in [-0.39, 0.29) is 17.9 Å². The minimum absolute atomic E-state index is 0.0591. The van der Waals surface area contributed by atoms with Gasteiger partial charge in [-0.3, -0.25) is 0 Å². The van der Waals surface area contributed by atoms with Gasteiger partial charge < -0.3 is 19.3 Å². The molecule has 1 aliphatic rings.